The van der Waals surface area contributed by atoms with Crippen LogP contribution in [-0.2, 0) is 10.0 Å². The monoisotopic (exact) mass is 432 g/mol. The van der Waals surface area contributed by atoms with Crippen LogP contribution in [0.25, 0.3) is 0 Å². The first-order chi connectivity index (χ1) is 14.4. The molecule has 0 radical (unpaired) electrons. The van der Waals surface area contributed by atoms with Crippen LogP contribution in [0.3, 0.4) is 0 Å². The largest absolute Gasteiger partial charge is 0.496 e. The number of hydrogen-bond acceptors (Lipinski definition) is 5. The molecule has 0 atom stereocenters. The third-order valence-electron chi connectivity index (χ3n) is 5.23. The number of nitrogens with one attached hydrogen (secondary N) is 1. The molecule has 1 aliphatic rings. The van der Waals surface area contributed by atoms with Gasteiger partial charge >= 0.3 is 0 Å². The van der Waals surface area contributed by atoms with E-state index in [1.807, 2.05) is 13.0 Å². The summed E-state index contributed by atoms with van der Waals surface area (Å²) in [5, 5.41) is 2.80. The van der Waals surface area contributed by atoms with Crippen molar-refractivity contribution in [1.29, 1.82) is 0 Å². The number of para-hydroxylation sites is 2. The van der Waals surface area contributed by atoms with Gasteiger partial charge in [0.2, 0.25) is 10.0 Å². The van der Waals surface area contributed by atoms with Crippen LogP contribution in [0, 0.1) is 5.92 Å². The van der Waals surface area contributed by atoms with E-state index in [-0.39, 0.29) is 10.5 Å². The number of ether oxygens (including phenoxy) is 2. The zero-order valence-electron chi connectivity index (χ0n) is 17.6. The molecule has 0 spiro atoms. The lowest BCUT2D eigenvalue weighted by Crippen LogP contribution is -2.37. The summed E-state index contributed by atoms with van der Waals surface area (Å²) in [6.07, 6.45) is 1.66. The SMILES string of the molecule is CCOc1ccccc1NC(=O)c1cc(S(=O)(=O)N2CCC(C)CC2)ccc1OC. The molecule has 1 fully saturated rings. The third kappa shape index (κ3) is 4.76. The zero-order valence-corrected chi connectivity index (χ0v) is 18.4. The van der Waals surface area contributed by atoms with Crippen molar-refractivity contribution in [2.75, 3.05) is 32.1 Å². The predicted octanol–water partition coefficient (Wildman–Crippen LogP) is 3.77. The van der Waals surface area contributed by atoms with Crippen molar-refractivity contribution in [3.8, 4) is 11.5 Å². The number of carbonyl (C=O) groups is 1. The lowest BCUT2D eigenvalue weighted by Gasteiger charge is -2.29. The summed E-state index contributed by atoms with van der Waals surface area (Å²) in [6.45, 7) is 5.41. The average molecular weight is 433 g/mol. The molecule has 162 valence electrons. The molecule has 1 aliphatic heterocycles. The van der Waals surface area contributed by atoms with Gasteiger partial charge < -0.3 is 14.8 Å². The summed E-state index contributed by atoms with van der Waals surface area (Å²) in [4.78, 5) is 13.1. The Hall–Kier alpha value is -2.58. The molecular formula is C22H28N2O5S. The molecule has 1 N–H and O–H groups in total. The molecule has 1 heterocycles. The van der Waals surface area contributed by atoms with Crippen molar-refractivity contribution in [3.05, 3.63) is 48.0 Å². The standard InChI is InChI=1S/C22H28N2O5S/c1-4-29-21-8-6-5-7-19(21)23-22(25)18-15-17(9-10-20(18)28-3)30(26,27)24-13-11-16(2)12-14-24/h5-10,15-16H,4,11-14H2,1-3H3,(H,23,25). The molecule has 0 aliphatic carbocycles. The van der Waals surface area contributed by atoms with E-state index in [1.54, 1.807) is 18.2 Å². The number of benzene rings is 2. The lowest BCUT2D eigenvalue weighted by molar-refractivity contribution is 0.102. The van der Waals surface area contributed by atoms with Crippen LogP contribution in [0.1, 0.15) is 37.0 Å². The quantitative estimate of drug-likeness (QED) is 0.720. The molecule has 2 aromatic carbocycles. The number of carbonyl (C=O) groups excluding carboxylic acids is 1. The van der Waals surface area contributed by atoms with Gasteiger partial charge in [0.15, 0.2) is 0 Å². The van der Waals surface area contributed by atoms with Crippen molar-refractivity contribution in [3.63, 3.8) is 0 Å². The Kier molecular flexibility index (Phi) is 6.99. The van der Waals surface area contributed by atoms with Crippen LogP contribution < -0.4 is 14.8 Å². The van der Waals surface area contributed by atoms with Crippen molar-refractivity contribution in [2.45, 2.75) is 31.6 Å². The first kappa shape index (κ1) is 22.1. The topological polar surface area (TPSA) is 84.9 Å². The van der Waals surface area contributed by atoms with Crippen LogP contribution in [0.4, 0.5) is 5.69 Å². The second-order valence-corrected chi connectivity index (χ2v) is 9.27. The maximum atomic E-state index is 13.1. The van der Waals surface area contributed by atoms with Gasteiger partial charge in [0, 0.05) is 13.1 Å². The number of amides is 1. The normalized spacial score (nSPS) is 15.6. The van der Waals surface area contributed by atoms with Gasteiger partial charge in [-0.1, -0.05) is 19.1 Å². The summed E-state index contributed by atoms with van der Waals surface area (Å²) in [5.41, 5.74) is 0.653. The Morgan fingerprint density at radius 3 is 2.50 bits per heavy atom. The molecule has 8 heteroatoms. The highest BCUT2D eigenvalue weighted by Gasteiger charge is 2.29. The summed E-state index contributed by atoms with van der Waals surface area (Å²) in [6, 6.07) is 11.5. The molecule has 0 unspecified atom stereocenters. The number of anilines is 1. The van der Waals surface area contributed by atoms with Crippen LogP contribution in [0.5, 0.6) is 11.5 Å². The number of methoxy groups -OCH3 is 1. The van der Waals surface area contributed by atoms with Crippen molar-refractivity contribution in [2.24, 2.45) is 5.92 Å². The molecule has 3 rings (SSSR count). The van der Waals surface area contributed by atoms with Crippen LogP contribution >= 0.6 is 0 Å². The van der Waals surface area contributed by atoms with E-state index >= 15 is 0 Å². The minimum Gasteiger partial charge on any atom is -0.496 e. The Balaban J connectivity index is 1.90. The molecule has 7 nitrogen and oxygen atoms in total. The molecule has 0 saturated carbocycles. The number of sulfonamides is 1. The fraction of sp³-hybridized carbons (Fsp3) is 0.409. The lowest BCUT2D eigenvalue weighted by atomic mass is 10.0. The Bertz CT molecular complexity index is 998. The molecule has 30 heavy (non-hydrogen) atoms. The van der Waals surface area contributed by atoms with Crippen molar-refractivity contribution >= 4 is 21.6 Å². The van der Waals surface area contributed by atoms with E-state index < -0.39 is 15.9 Å². The Morgan fingerprint density at radius 1 is 1.13 bits per heavy atom. The first-order valence-corrected chi connectivity index (χ1v) is 11.5. The molecule has 0 aromatic heterocycles. The highest BCUT2D eigenvalue weighted by molar-refractivity contribution is 7.89. The Labute approximate surface area is 178 Å². The number of piperidine rings is 1. The number of rotatable bonds is 7. The van der Waals surface area contributed by atoms with Gasteiger partial charge in [-0.25, -0.2) is 8.42 Å². The second-order valence-electron chi connectivity index (χ2n) is 7.33. The van der Waals surface area contributed by atoms with Gasteiger partial charge in [0.05, 0.1) is 29.9 Å². The highest BCUT2D eigenvalue weighted by atomic mass is 32.2. The van der Waals surface area contributed by atoms with E-state index in [9.17, 15) is 13.2 Å². The fourth-order valence-corrected chi connectivity index (χ4v) is 4.94. The van der Waals surface area contributed by atoms with Crippen molar-refractivity contribution < 1.29 is 22.7 Å². The van der Waals surface area contributed by atoms with Crippen LogP contribution in [0.15, 0.2) is 47.4 Å². The maximum absolute atomic E-state index is 13.1. The molecule has 1 saturated heterocycles. The molecule has 2 aromatic rings. The predicted molar refractivity (Wildman–Crippen MR) is 116 cm³/mol. The van der Waals surface area contributed by atoms with Crippen molar-refractivity contribution in [1.82, 2.24) is 4.31 Å². The van der Waals surface area contributed by atoms with Gasteiger partial charge in [0.1, 0.15) is 11.5 Å². The number of hydrogen-bond donors (Lipinski definition) is 1. The third-order valence-corrected chi connectivity index (χ3v) is 7.13. The second kappa shape index (κ2) is 9.49. The smallest absolute Gasteiger partial charge is 0.259 e. The van der Waals surface area contributed by atoms with Crippen LogP contribution in [0.2, 0.25) is 0 Å². The minimum atomic E-state index is -3.68. The maximum Gasteiger partial charge on any atom is 0.259 e. The first-order valence-electron chi connectivity index (χ1n) is 10.1. The highest BCUT2D eigenvalue weighted by Crippen LogP contribution is 2.29. The van der Waals surface area contributed by atoms with E-state index in [0.29, 0.717) is 42.8 Å². The minimum absolute atomic E-state index is 0.0843. The average Bonchev–Trinajstić information content (AvgIpc) is 2.75. The summed E-state index contributed by atoms with van der Waals surface area (Å²) in [5.74, 6) is 0.883. The van der Waals surface area contributed by atoms with E-state index in [0.717, 1.165) is 12.8 Å². The van der Waals surface area contributed by atoms with Gasteiger partial charge in [0.25, 0.3) is 5.91 Å². The van der Waals surface area contributed by atoms with Gasteiger partial charge in [-0.05, 0) is 56.0 Å². The van der Waals surface area contributed by atoms with Gasteiger partial charge in [-0.15, -0.1) is 0 Å². The zero-order chi connectivity index (χ0) is 21.7. The summed E-state index contributed by atoms with van der Waals surface area (Å²) in [7, 11) is -2.24. The Morgan fingerprint density at radius 2 is 1.83 bits per heavy atom. The van der Waals surface area contributed by atoms with Gasteiger partial charge in [-0.2, -0.15) is 4.31 Å². The molecule has 1 amide bonds. The summed E-state index contributed by atoms with van der Waals surface area (Å²) < 4.78 is 38.5. The van der Waals surface area contributed by atoms with E-state index in [4.69, 9.17) is 9.47 Å². The van der Waals surface area contributed by atoms with E-state index in [1.165, 1.54) is 29.6 Å². The van der Waals surface area contributed by atoms with Crippen LogP contribution in [-0.4, -0.2) is 45.4 Å². The number of nitrogens with zero attached hydrogens (tertiary/aromatic N) is 1. The molecule has 0 bridgehead atoms. The summed E-state index contributed by atoms with van der Waals surface area (Å²) >= 11 is 0. The van der Waals surface area contributed by atoms with E-state index in [2.05, 4.69) is 12.2 Å². The molecular weight excluding hydrogens is 404 g/mol. The fourth-order valence-electron chi connectivity index (χ4n) is 3.44. The van der Waals surface area contributed by atoms with Gasteiger partial charge in [-0.3, -0.25) is 4.79 Å².